The third-order valence-electron chi connectivity index (χ3n) is 0.691. The number of aliphatic hydroxyl groups is 1. The van der Waals surface area contributed by atoms with Crippen LogP contribution in [-0.4, -0.2) is 24.2 Å². The maximum Gasteiger partial charge on any atom is 0.240 e. The van der Waals surface area contributed by atoms with Gasteiger partial charge in [0.1, 0.15) is 0 Å². The molecule has 0 saturated carbocycles. The summed E-state index contributed by atoms with van der Waals surface area (Å²) in [4.78, 5) is 10.3. The van der Waals surface area contributed by atoms with Crippen LogP contribution in [0, 0.1) is 0 Å². The number of aliphatic hydroxyl groups excluding tert-OH is 1. The first-order valence-electron chi connectivity index (χ1n) is 2.62. The second kappa shape index (κ2) is 4.59. The first kappa shape index (κ1) is 7.43. The number of nitrogens with zero attached hydrogens (tertiary/aromatic N) is 1. The van der Waals surface area contributed by atoms with E-state index in [1.165, 1.54) is 0 Å². The number of hydrogen-bond acceptors (Lipinski definition) is 2. The van der Waals surface area contributed by atoms with E-state index in [0.29, 0.717) is 6.42 Å². The third kappa shape index (κ3) is 3.61. The molecule has 8 heavy (non-hydrogen) atoms. The molecule has 0 aliphatic heterocycles. The van der Waals surface area contributed by atoms with Crippen LogP contribution in [-0.2, 0) is 4.79 Å². The molecule has 0 aromatic carbocycles. The van der Waals surface area contributed by atoms with Crippen LogP contribution in [0.15, 0.2) is 0 Å². The van der Waals surface area contributed by atoms with Crippen LogP contribution in [0.2, 0.25) is 0 Å². The SMILES string of the molecule is CCC(=O)[N]CCO. The largest absolute Gasteiger partial charge is 0.394 e. The van der Waals surface area contributed by atoms with Crippen LogP contribution in [0.1, 0.15) is 13.3 Å². The first-order valence-corrected chi connectivity index (χ1v) is 2.62. The molecule has 0 aromatic heterocycles. The van der Waals surface area contributed by atoms with Crippen molar-refractivity contribution >= 4 is 5.91 Å². The second-order valence-electron chi connectivity index (χ2n) is 1.35. The van der Waals surface area contributed by atoms with Crippen molar-refractivity contribution in [2.75, 3.05) is 13.2 Å². The van der Waals surface area contributed by atoms with Crippen LogP contribution in [0.4, 0.5) is 0 Å². The Balaban J connectivity index is 2.99. The highest BCUT2D eigenvalue weighted by molar-refractivity contribution is 5.75. The van der Waals surface area contributed by atoms with E-state index in [1.54, 1.807) is 6.92 Å². The summed E-state index contributed by atoms with van der Waals surface area (Å²) in [6.07, 6.45) is 0.431. The number of carbonyl (C=O) groups excluding carboxylic acids is 1. The third-order valence-corrected chi connectivity index (χ3v) is 0.691. The lowest BCUT2D eigenvalue weighted by Gasteiger charge is -1.92. The van der Waals surface area contributed by atoms with Crippen LogP contribution in [0.5, 0.6) is 0 Å². The molecule has 0 atom stereocenters. The summed E-state index contributed by atoms with van der Waals surface area (Å²) in [5, 5.41) is 11.6. The molecule has 1 amide bonds. The molecule has 0 saturated heterocycles. The van der Waals surface area contributed by atoms with E-state index in [9.17, 15) is 4.79 Å². The van der Waals surface area contributed by atoms with Crippen molar-refractivity contribution < 1.29 is 9.90 Å². The Labute approximate surface area is 48.7 Å². The highest BCUT2D eigenvalue weighted by atomic mass is 16.3. The Morgan fingerprint density at radius 2 is 2.38 bits per heavy atom. The van der Waals surface area contributed by atoms with E-state index in [1.807, 2.05) is 0 Å². The lowest BCUT2D eigenvalue weighted by Crippen LogP contribution is -2.17. The van der Waals surface area contributed by atoms with Crippen LogP contribution in [0.25, 0.3) is 0 Å². The van der Waals surface area contributed by atoms with Crippen LogP contribution < -0.4 is 5.32 Å². The zero-order valence-electron chi connectivity index (χ0n) is 4.92. The number of amides is 1. The fraction of sp³-hybridized carbons (Fsp3) is 0.800. The number of hydrogen-bond donors (Lipinski definition) is 1. The molecule has 0 bridgehead atoms. The molecule has 0 heterocycles. The predicted molar refractivity (Wildman–Crippen MR) is 29.4 cm³/mol. The Morgan fingerprint density at radius 1 is 1.75 bits per heavy atom. The van der Waals surface area contributed by atoms with E-state index in [2.05, 4.69) is 5.32 Å². The summed E-state index contributed by atoms with van der Waals surface area (Å²) in [6, 6.07) is 0. The minimum absolute atomic E-state index is 0.0360. The van der Waals surface area contributed by atoms with Crippen molar-refractivity contribution in [1.82, 2.24) is 5.32 Å². The monoisotopic (exact) mass is 116 g/mol. The van der Waals surface area contributed by atoms with Gasteiger partial charge in [-0.1, -0.05) is 6.92 Å². The molecule has 0 fully saturated rings. The van der Waals surface area contributed by atoms with Gasteiger partial charge in [0.15, 0.2) is 0 Å². The van der Waals surface area contributed by atoms with Crippen LogP contribution >= 0.6 is 0 Å². The molecule has 0 aliphatic carbocycles. The maximum atomic E-state index is 10.3. The van der Waals surface area contributed by atoms with Gasteiger partial charge in [-0.25, -0.2) is 5.32 Å². The number of carbonyl (C=O) groups is 1. The summed E-state index contributed by atoms with van der Waals surface area (Å²) >= 11 is 0. The van der Waals surface area contributed by atoms with Gasteiger partial charge in [0.25, 0.3) is 0 Å². The lowest BCUT2D eigenvalue weighted by atomic mass is 10.4. The lowest BCUT2D eigenvalue weighted by molar-refractivity contribution is -0.121. The fourth-order valence-electron chi connectivity index (χ4n) is 0.287. The van der Waals surface area contributed by atoms with Gasteiger partial charge < -0.3 is 5.11 Å². The highest BCUT2D eigenvalue weighted by Gasteiger charge is 1.94. The van der Waals surface area contributed by atoms with Gasteiger partial charge in [-0.2, -0.15) is 0 Å². The average Bonchev–Trinajstić information content (AvgIpc) is 1.83. The van der Waals surface area contributed by atoms with Crippen LogP contribution in [0.3, 0.4) is 0 Å². The second-order valence-corrected chi connectivity index (χ2v) is 1.35. The molecule has 1 radical (unpaired) electrons. The summed E-state index contributed by atoms with van der Waals surface area (Å²) in [5.41, 5.74) is 0. The Kier molecular flexibility index (Phi) is 4.26. The van der Waals surface area contributed by atoms with Crippen molar-refractivity contribution in [1.29, 1.82) is 0 Å². The summed E-state index contributed by atoms with van der Waals surface area (Å²) < 4.78 is 0. The molecule has 47 valence electrons. The molecular formula is C5H10NO2. The van der Waals surface area contributed by atoms with Gasteiger partial charge in [-0.05, 0) is 0 Å². The van der Waals surface area contributed by atoms with E-state index >= 15 is 0 Å². The van der Waals surface area contributed by atoms with E-state index < -0.39 is 0 Å². The van der Waals surface area contributed by atoms with Crippen molar-refractivity contribution in [2.24, 2.45) is 0 Å². The molecule has 3 nitrogen and oxygen atoms in total. The highest BCUT2D eigenvalue weighted by Crippen LogP contribution is 1.74. The van der Waals surface area contributed by atoms with Crippen molar-refractivity contribution in [2.45, 2.75) is 13.3 Å². The Morgan fingerprint density at radius 3 is 2.75 bits per heavy atom. The normalized spacial score (nSPS) is 8.75. The Hall–Kier alpha value is -0.570. The molecule has 0 spiro atoms. The van der Waals surface area contributed by atoms with E-state index in [-0.39, 0.29) is 19.1 Å². The minimum Gasteiger partial charge on any atom is -0.394 e. The van der Waals surface area contributed by atoms with E-state index in [4.69, 9.17) is 5.11 Å². The number of rotatable bonds is 3. The molecule has 0 unspecified atom stereocenters. The smallest absolute Gasteiger partial charge is 0.240 e. The van der Waals surface area contributed by atoms with Gasteiger partial charge in [0.05, 0.1) is 13.2 Å². The van der Waals surface area contributed by atoms with Gasteiger partial charge in [-0.3, -0.25) is 4.79 Å². The standard InChI is InChI=1S/C5H10NO2/c1-2-5(8)6-3-4-7/h7H,2-4H2,1H3. The fourth-order valence-corrected chi connectivity index (χ4v) is 0.287. The van der Waals surface area contributed by atoms with Gasteiger partial charge >= 0.3 is 0 Å². The summed E-state index contributed by atoms with van der Waals surface area (Å²) in [5.74, 6) is -0.140. The zero-order chi connectivity index (χ0) is 6.41. The average molecular weight is 116 g/mol. The van der Waals surface area contributed by atoms with Crippen molar-refractivity contribution in [3.63, 3.8) is 0 Å². The molecule has 0 aromatic rings. The molecular weight excluding hydrogens is 106 g/mol. The first-order chi connectivity index (χ1) is 3.81. The quantitative estimate of drug-likeness (QED) is 0.541. The summed E-state index contributed by atoms with van der Waals surface area (Å²) in [6.45, 7) is 1.95. The summed E-state index contributed by atoms with van der Waals surface area (Å²) in [7, 11) is 0. The minimum atomic E-state index is -0.140. The van der Waals surface area contributed by atoms with Gasteiger partial charge in [-0.15, -0.1) is 0 Å². The van der Waals surface area contributed by atoms with Crippen molar-refractivity contribution in [3.8, 4) is 0 Å². The topological polar surface area (TPSA) is 51.4 Å². The zero-order valence-corrected chi connectivity index (χ0v) is 4.92. The molecule has 1 N–H and O–H groups in total. The maximum absolute atomic E-state index is 10.3. The molecule has 0 aliphatic rings. The van der Waals surface area contributed by atoms with E-state index in [0.717, 1.165) is 0 Å². The van der Waals surface area contributed by atoms with Crippen molar-refractivity contribution in [3.05, 3.63) is 0 Å². The molecule has 3 heteroatoms. The molecule has 0 rings (SSSR count). The van der Waals surface area contributed by atoms with Gasteiger partial charge in [0, 0.05) is 6.42 Å². The predicted octanol–water partition coefficient (Wildman–Crippen LogP) is -0.480. The van der Waals surface area contributed by atoms with Gasteiger partial charge in [0.2, 0.25) is 5.91 Å². The Bertz CT molecular complexity index is 72.8.